The van der Waals surface area contributed by atoms with Crippen molar-refractivity contribution in [1.29, 1.82) is 0 Å². The van der Waals surface area contributed by atoms with Crippen molar-refractivity contribution in [2.75, 3.05) is 6.61 Å². The number of carbonyl (C=O) groups is 1. The molecule has 0 saturated heterocycles. The number of aliphatic hydroxyl groups excluding tert-OH is 1. The van der Waals surface area contributed by atoms with Gasteiger partial charge < -0.3 is 16.2 Å². The SMILES string of the molecule is CCC(CC)(CO)NCc1ccc(C(N)=O)cc1F. The van der Waals surface area contributed by atoms with E-state index in [0.717, 1.165) is 18.9 Å². The van der Waals surface area contributed by atoms with E-state index in [1.807, 2.05) is 13.8 Å². The smallest absolute Gasteiger partial charge is 0.248 e. The molecule has 0 heterocycles. The minimum Gasteiger partial charge on any atom is -0.394 e. The van der Waals surface area contributed by atoms with Gasteiger partial charge in [0, 0.05) is 23.2 Å². The molecule has 4 nitrogen and oxygen atoms in total. The Morgan fingerprint density at radius 3 is 2.47 bits per heavy atom. The fourth-order valence-corrected chi connectivity index (χ4v) is 1.91. The summed E-state index contributed by atoms with van der Waals surface area (Å²) < 4.78 is 13.8. The van der Waals surface area contributed by atoms with Gasteiger partial charge in [-0.3, -0.25) is 4.79 Å². The summed E-state index contributed by atoms with van der Waals surface area (Å²) >= 11 is 0. The first-order chi connectivity index (χ1) is 8.98. The molecule has 0 fully saturated rings. The largest absolute Gasteiger partial charge is 0.394 e. The molecule has 1 rings (SSSR count). The van der Waals surface area contributed by atoms with Crippen LogP contribution in [0.5, 0.6) is 0 Å². The number of halogens is 1. The Labute approximate surface area is 112 Å². The number of rotatable bonds is 7. The molecule has 0 bridgehead atoms. The molecule has 1 amide bonds. The van der Waals surface area contributed by atoms with Gasteiger partial charge >= 0.3 is 0 Å². The molecular weight excluding hydrogens is 247 g/mol. The Morgan fingerprint density at radius 1 is 1.42 bits per heavy atom. The summed E-state index contributed by atoms with van der Waals surface area (Å²) in [6.07, 6.45) is 1.50. The van der Waals surface area contributed by atoms with Gasteiger partial charge in [0.25, 0.3) is 0 Å². The lowest BCUT2D eigenvalue weighted by molar-refractivity contribution is 0.1000. The first-order valence-electron chi connectivity index (χ1n) is 6.42. The number of nitrogens with two attached hydrogens (primary N) is 1. The fourth-order valence-electron chi connectivity index (χ4n) is 1.91. The van der Waals surface area contributed by atoms with Crippen LogP contribution in [0.25, 0.3) is 0 Å². The first-order valence-corrected chi connectivity index (χ1v) is 6.42. The number of hydrogen-bond acceptors (Lipinski definition) is 3. The maximum absolute atomic E-state index is 13.8. The second kappa shape index (κ2) is 6.63. The third-order valence-corrected chi connectivity index (χ3v) is 3.65. The third-order valence-electron chi connectivity index (χ3n) is 3.65. The van der Waals surface area contributed by atoms with Crippen molar-refractivity contribution in [2.45, 2.75) is 38.8 Å². The topological polar surface area (TPSA) is 75.3 Å². The molecule has 0 saturated carbocycles. The van der Waals surface area contributed by atoms with Gasteiger partial charge in [0.05, 0.1) is 6.61 Å². The van der Waals surface area contributed by atoms with Crippen molar-refractivity contribution in [3.63, 3.8) is 0 Å². The van der Waals surface area contributed by atoms with E-state index in [2.05, 4.69) is 5.32 Å². The van der Waals surface area contributed by atoms with Crippen molar-refractivity contribution >= 4 is 5.91 Å². The number of aliphatic hydroxyl groups is 1. The molecular formula is C14H21FN2O2. The van der Waals surface area contributed by atoms with Crippen molar-refractivity contribution < 1.29 is 14.3 Å². The van der Waals surface area contributed by atoms with E-state index in [0.29, 0.717) is 12.1 Å². The number of carbonyl (C=O) groups excluding carboxylic acids is 1. The average molecular weight is 268 g/mol. The Kier molecular flexibility index (Phi) is 5.44. The predicted octanol–water partition coefficient (Wildman–Crippen LogP) is 1.57. The Hall–Kier alpha value is -1.46. The molecule has 106 valence electrons. The van der Waals surface area contributed by atoms with Crippen molar-refractivity contribution in [3.05, 3.63) is 35.1 Å². The molecule has 0 aliphatic rings. The van der Waals surface area contributed by atoms with Crippen LogP contribution < -0.4 is 11.1 Å². The predicted molar refractivity (Wildman–Crippen MR) is 72.2 cm³/mol. The number of benzene rings is 1. The zero-order valence-electron chi connectivity index (χ0n) is 11.4. The van der Waals surface area contributed by atoms with Crippen LogP contribution in [0.2, 0.25) is 0 Å². The Morgan fingerprint density at radius 2 is 2.05 bits per heavy atom. The molecule has 0 radical (unpaired) electrons. The maximum atomic E-state index is 13.8. The molecule has 0 spiro atoms. The Balaban J connectivity index is 2.80. The monoisotopic (exact) mass is 268 g/mol. The van der Waals surface area contributed by atoms with Crippen molar-refractivity contribution in [3.8, 4) is 0 Å². The third kappa shape index (κ3) is 3.75. The van der Waals surface area contributed by atoms with Gasteiger partial charge in [0.15, 0.2) is 0 Å². The summed E-state index contributed by atoms with van der Waals surface area (Å²) in [5.74, 6) is -1.12. The summed E-state index contributed by atoms with van der Waals surface area (Å²) in [4.78, 5) is 10.9. The number of amides is 1. The van der Waals surface area contributed by atoms with E-state index in [9.17, 15) is 14.3 Å². The summed E-state index contributed by atoms with van der Waals surface area (Å²) in [5.41, 5.74) is 5.29. The lowest BCUT2D eigenvalue weighted by Gasteiger charge is -2.31. The molecule has 1 aromatic carbocycles. The molecule has 0 atom stereocenters. The van der Waals surface area contributed by atoms with Crippen LogP contribution in [0, 0.1) is 5.82 Å². The molecule has 0 unspecified atom stereocenters. The van der Waals surface area contributed by atoms with E-state index < -0.39 is 17.3 Å². The van der Waals surface area contributed by atoms with Gasteiger partial charge in [-0.15, -0.1) is 0 Å². The molecule has 0 aliphatic carbocycles. The maximum Gasteiger partial charge on any atom is 0.248 e. The molecule has 0 aromatic heterocycles. The van der Waals surface area contributed by atoms with E-state index in [1.165, 1.54) is 12.1 Å². The lowest BCUT2D eigenvalue weighted by Crippen LogP contribution is -2.47. The zero-order chi connectivity index (χ0) is 14.5. The van der Waals surface area contributed by atoms with E-state index in [4.69, 9.17) is 5.73 Å². The van der Waals surface area contributed by atoms with Gasteiger partial charge in [-0.25, -0.2) is 4.39 Å². The van der Waals surface area contributed by atoms with E-state index >= 15 is 0 Å². The van der Waals surface area contributed by atoms with Crippen LogP contribution in [-0.4, -0.2) is 23.2 Å². The molecule has 4 N–H and O–H groups in total. The highest BCUT2D eigenvalue weighted by Gasteiger charge is 2.24. The highest BCUT2D eigenvalue weighted by atomic mass is 19.1. The van der Waals surface area contributed by atoms with E-state index in [1.54, 1.807) is 0 Å². The van der Waals surface area contributed by atoms with Crippen LogP contribution in [0.3, 0.4) is 0 Å². The summed E-state index contributed by atoms with van der Waals surface area (Å²) in [6.45, 7) is 4.24. The second-order valence-corrected chi connectivity index (χ2v) is 4.67. The minimum absolute atomic E-state index is 0.000981. The van der Waals surface area contributed by atoms with Crippen LogP contribution in [0.15, 0.2) is 18.2 Å². The lowest BCUT2D eigenvalue weighted by atomic mass is 9.93. The van der Waals surface area contributed by atoms with Crippen LogP contribution in [0.1, 0.15) is 42.6 Å². The van der Waals surface area contributed by atoms with Gasteiger partial charge in [-0.2, -0.15) is 0 Å². The quantitative estimate of drug-likeness (QED) is 0.702. The van der Waals surface area contributed by atoms with E-state index in [-0.39, 0.29) is 12.2 Å². The van der Waals surface area contributed by atoms with Crippen LogP contribution >= 0.6 is 0 Å². The second-order valence-electron chi connectivity index (χ2n) is 4.67. The number of primary amides is 1. The van der Waals surface area contributed by atoms with Gasteiger partial charge in [0.2, 0.25) is 5.91 Å². The van der Waals surface area contributed by atoms with Crippen LogP contribution in [-0.2, 0) is 6.54 Å². The van der Waals surface area contributed by atoms with Crippen LogP contribution in [0.4, 0.5) is 4.39 Å². The fraction of sp³-hybridized carbons (Fsp3) is 0.500. The minimum atomic E-state index is -0.648. The molecule has 19 heavy (non-hydrogen) atoms. The highest BCUT2D eigenvalue weighted by molar-refractivity contribution is 5.92. The van der Waals surface area contributed by atoms with Crippen molar-refractivity contribution in [2.24, 2.45) is 5.73 Å². The zero-order valence-corrected chi connectivity index (χ0v) is 11.4. The normalized spacial score (nSPS) is 11.6. The summed E-state index contributed by atoms with van der Waals surface area (Å²) in [6, 6.07) is 4.18. The highest BCUT2D eigenvalue weighted by Crippen LogP contribution is 2.17. The average Bonchev–Trinajstić information content (AvgIpc) is 2.42. The summed E-state index contributed by atoms with van der Waals surface area (Å²) in [7, 11) is 0. The van der Waals surface area contributed by atoms with Gasteiger partial charge in [-0.1, -0.05) is 19.9 Å². The van der Waals surface area contributed by atoms with Gasteiger partial charge in [0.1, 0.15) is 5.82 Å². The Bertz CT molecular complexity index is 437. The molecule has 0 aliphatic heterocycles. The number of nitrogens with one attached hydrogen (secondary N) is 1. The van der Waals surface area contributed by atoms with Gasteiger partial charge in [-0.05, 0) is 25.0 Å². The summed E-state index contributed by atoms with van der Waals surface area (Å²) in [5, 5.41) is 12.6. The van der Waals surface area contributed by atoms with Crippen molar-refractivity contribution in [1.82, 2.24) is 5.32 Å². The standard InChI is InChI=1S/C14H21FN2O2/c1-3-14(4-2,9-18)17-8-11-6-5-10(13(16)19)7-12(11)15/h5-7,17-18H,3-4,8-9H2,1-2H3,(H2,16,19). The molecule has 1 aromatic rings. The number of hydrogen-bond donors (Lipinski definition) is 3. The molecule has 5 heteroatoms. The first kappa shape index (κ1) is 15.6.